The number of aromatic nitrogens is 4. The van der Waals surface area contributed by atoms with E-state index >= 15 is 0 Å². The Morgan fingerprint density at radius 1 is 1.19 bits per heavy atom. The van der Waals surface area contributed by atoms with Gasteiger partial charge in [0.1, 0.15) is 17.7 Å². The van der Waals surface area contributed by atoms with Crippen LogP contribution in [0.15, 0.2) is 24.8 Å². The van der Waals surface area contributed by atoms with Crippen molar-refractivity contribution in [1.29, 1.82) is 0 Å². The predicted octanol–water partition coefficient (Wildman–Crippen LogP) is 1.97. The summed E-state index contributed by atoms with van der Waals surface area (Å²) in [6, 6.07) is 2.17. The van der Waals surface area contributed by atoms with E-state index in [0.29, 0.717) is 17.7 Å². The first-order valence-corrected chi connectivity index (χ1v) is 9.42. The molecule has 0 aromatic carbocycles. The minimum Gasteiger partial charge on any atom is -0.467 e. The molecule has 3 saturated carbocycles. The standard InChI is InChI=1S/C18H23N7O2/c1-26-17-19-8-13(9-20-17)15-6-16(22-11-21-15)24-25-23-10-18(27-25)7-12-2-4-14(18)5-3-12/h6,8-9,11-12,14,23H,2-5,7,10H2,1H3,(H,21,22,24)/t12?,14?,18-/m0/s1. The van der Waals surface area contributed by atoms with Gasteiger partial charge < -0.3 is 4.74 Å². The zero-order valence-electron chi connectivity index (χ0n) is 15.3. The smallest absolute Gasteiger partial charge is 0.316 e. The largest absolute Gasteiger partial charge is 0.467 e. The molecule has 1 aliphatic heterocycles. The fourth-order valence-corrected chi connectivity index (χ4v) is 4.62. The third-order valence-corrected chi connectivity index (χ3v) is 6.01. The van der Waals surface area contributed by atoms with Crippen molar-refractivity contribution in [1.82, 2.24) is 30.6 Å². The Bertz CT molecular complexity index is 810. The number of nitrogens with zero attached hydrogens (tertiary/aromatic N) is 5. The summed E-state index contributed by atoms with van der Waals surface area (Å²) in [5.41, 5.74) is 7.95. The van der Waals surface area contributed by atoms with Gasteiger partial charge in [-0.05, 0) is 49.2 Å². The summed E-state index contributed by atoms with van der Waals surface area (Å²) < 4.78 is 4.99. The lowest BCUT2D eigenvalue weighted by Crippen LogP contribution is -2.50. The molecular formula is C18H23N7O2. The molecular weight excluding hydrogens is 346 g/mol. The number of hydrogen-bond donors (Lipinski definition) is 2. The van der Waals surface area contributed by atoms with E-state index in [1.807, 2.05) is 6.07 Å². The molecule has 2 N–H and O–H groups in total. The van der Waals surface area contributed by atoms with Gasteiger partial charge in [-0.1, -0.05) is 0 Å². The van der Waals surface area contributed by atoms with Crippen LogP contribution >= 0.6 is 0 Å². The summed E-state index contributed by atoms with van der Waals surface area (Å²) in [5.74, 6) is 2.08. The molecule has 1 spiro atoms. The van der Waals surface area contributed by atoms with Crippen LogP contribution in [0.3, 0.4) is 0 Å². The summed E-state index contributed by atoms with van der Waals surface area (Å²) in [7, 11) is 1.54. The number of nitrogens with one attached hydrogen (secondary N) is 2. The number of hydrazine groups is 2. The number of rotatable bonds is 4. The highest BCUT2D eigenvalue weighted by Gasteiger charge is 2.52. The van der Waals surface area contributed by atoms with E-state index in [9.17, 15) is 0 Å². The first kappa shape index (κ1) is 16.8. The predicted molar refractivity (Wildman–Crippen MR) is 97.0 cm³/mol. The van der Waals surface area contributed by atoms with E-state index in [2.05, 4.69) is 30.8 Å². The normalized spacial score (nSPS) is 30.0. The lowest BCUT2D eigenvalue weighted by molar-refractivity contribution is -0.235. The molecule has 2 bridgehead atoms. The zero-order valence-corrected chi connectivity index (χ0v) is 15.3. The summed E-state index contributed by atoms with van der Waals surface area (Å²) in [4.78, 5) is 23.2. The lowest BCUT2D eigenvalue weighted by Gasteiger charge is -2.47. The van der Waals surface area contributed by atoms with Crippen LogP contribution in [0.1, 0.15) is 32.1 Å². The van der Waals surface area contributed by atoms with E-state index in [-0.39, 0.29) is 5.60 Å². The Labute approximate surface area is 157 Å². The molecule has 2 aromatic rings. The maximum atomic E-state index is 6.31. The molecule has 2 aromatic heterocycles. The van der Waals surface area contributed by atoms with Crippen molar-refractivity contribution < 1.29 is 9.57 Å². The van der Waals surface area contributed by atoms with Gasteiger partial charge in [0.15, 0.2) is 0 Å². The van der Waals surface area contributed by atoms with Crippen LogP contribution in [0.2, 0.25) is 0 Å². The number of anilines is 1. The van der Waals surface area contributed by atoms with E-state index in [1.54, 1.807) is 17.7 Å². The Kier molecular flexibility index (Phi) is 4.14. The van der Waals surface area contributed by atoms with E-state index in [0.717, 1.165) is 30.1 Å². The van der Waals surface area contributed by atoms with Crippen LogP contribution in [-0.2, 0) is 4.84 Å². The second kappa shape index (κ2) is 6.66. The van der Waals surface area contributed by atoms with Gasteiger partial charge in [0.2, 0.25) is 0 Å². The van der Waals surface area contributed by atoms with E-state index in [1.165, 1.54) is 39.1 Å². The van der Waals surface area contributed by atoms with Crippen molar-refractivity contribution >= 4 is 5.82 Å². The zero-order chi connectivity index (χ0) is 18.3. The maximum Gasteiger partial charge on any atom is 0.316 e. The summed E-state index contributed by atoms with van der Waals surface area (Å²) in [6.07, 6.45) is 11.2. The third-order valence-electron chi connectivity index (χ3n) is 6.01. The molecule has 1 atom stereocenters. The van der Waals surface area contributed by atoms with Crippen molar-refractivity contribution in [3.8, 4) is 17.3 Å². The molecule has 6 rings (SSSR count). The van der Waals surface area contributed by atoms with Crippen LogP contribution in [0.25, 0.3) is 11.3 Å². The van der Waals surface area contributed by atoms with Crippen molar-refractivity contribution in [2.24, 2.45) is 11.8 Å². The minimum atomic E-state index is -0.0755. The van der Waals surface area contributed by atoms with Crippen molar-refractivity contribution in [2.45, 2.75) is 37.7 Å². The Morgan fingerprint density at radius 3 is 2.70 bits per heavy atom. The number of methoxy groups -OCH3 is 1. The Morgan fingerprint density at radius 2 is 2.00 bits per heavy atom. The maximum absolute atomic E-state index is 6.31. The molecule has 3 aliphatic carbocycles. The van der Waals surface area contributed by atoms with Gasteiger partial charge in [-0.3, -0.25) is 10.3 Å². The highest BCUT2D eigenvalue weighted by atomic mass is 16.8. The van der Waals surface area contributed by atoms with Gasteiger partial charge in [0, 0.05) is 30.6 Å². The van der Waals surface area contributed by atoms with Crippen LogP contribution in [0, 0.1) is 11.8 Å². The molecule has 4 fully saturated rings. The minimum absolute atomic E-state index is 0.0755. The highest BCUT2D eigenvalue weighted by molar-refractivity contribution is 5.60. The molecule has 4 aliphatic rings. The van der Waals surface area contributed by atoms with Gasteiger partial charge in [-0.25, -0.2) is 25.4 Å². The van der Waals surface area contributed by atoms with Crippen molar-refractivity contribution in [3.05, 3.63) is 24.8 Å². The molecule has 27 heavy (non-hydrogen) atoms. The van der Waals surface area contributed by atoms with Gasteiger partial charge >= 0.3 is 6.01 Å². The third kappa shape index (κ3) is 3.11. The average molecular weight is 369 g/mol. The molecule has 1 saturated heterocycles. The van der Waals surface area contributed by atoms with Gasteiger partial charge in [-0.2, -0.15) is 0 Å². The van der Waals surface area contributed by atoms with Crippen molar-refractivity contribution in [2.75, 3.05) is 19.1 Å². The van der Waals surface area contributed by atoms with Crippen LogP contribution in [0.5, 0.6) is 6.01 Å². The SMILES string of the molecule is COc1ncc(-c2cc(NN3NC[C@]4(CC5CCC4CC5)O3)ncn2)cn1. The second-order valence-electron chi connectivity index (χ2n) is 7.57. The first-order chi connectivity index (χ1) is 13.2. The average Bonchev–Trinajstić information content (AvgIpc) is 3.11. The monoisotopic (exact) mass is 369 g/mol. The first-order valence-electron chi connectivity index (χ1n) is 9.42. The number of ether oxygens (including phenoxy) is 1. The molecule has 3 heterocycles. The van der Waals surface area contributed by atoms with E-state index < -0.39 is 0 Å². The van der Waals surface area contributed by atoms with E-state index in [4.69, 9.17) is 9.57 Å². The number of hydrogen-bond acceptors (Lipinski definition) is 9. The molecule has 0 unspecified atom stereocenters. The molecule has 9 heteroatoms. The fourth-order valence-electron chi connectivity index (χ4n) is 4.62. The summed E-state index contributed by atoms with van der Waals surface area (Å²) >= 11 is 0. The van der Waals surface area contributed by atoms with Gasteiger partial charge in [0.25, 0.3) is 0 Å². The van der Waals surface area contributed by atoms with Crippen LogP contribution < -0.4 is 15.6 Å². The van der Waals surface area contributed by atoms with Crippen LogP contribution in [0.4, 0.5) is 5.82 Å². The fraction of sp³-hybridized carbons (Fsp3) is 0.556. The lowest BCUT2D eigenvalue weighted by atomic mass is 9.62. The quantitative estimate of drug-likeness (QED) is 0.838. The number of fused-ring (bicyclic) bond motifs is 2. The molecule has 0 radical (unpaired) electrons. The summed E-state index contributed by atoms with van der Waals surface area (Å²) in [6.45, 7) is 0.839. The van der Waals surface area contributed by atoms with Crippen molar-refractivity contribution in [3.63, 3.8) is 0 Å². The topological polar surface area (TPSA) is 97.3 Å². The summed E-state index contributed by atoms with van der Waals surface area (Å²) in [5, 5.41) is 1.61. The molecule has 9 nitrogen and oxygen atoms in total. The van der Waals surface area contributed by atoms with Crippen LogP contribution in [-0.4, -0.2) is 44.5 Å². The second-order valence-corrected chi connectivity index (χ2v) is 7.57. The Balaban J connectivity index is 1.29. The molecule has 0 amide bonds. The van der Waals surface area contributed by atoms with Gasteiger partial charge in [0.05, 0.1) is 12.8 Å². The van der Waals surface area contributed by atoms with Gasteiger partial charge in [-0.15, -0.1) is 0 Å². The highest BCUT2D eigenvalue weighted by Crippen LogP contribution is 2.50. The Hall–Kier alpha value is -2.36. The molecule has 142 valence electrons.